The van der Waals surface area contributed by atoms with Crippen LogP contribution < -0.4 is 4.80 Å². The molecule has 0 spiro atoms. The first-order valence-corrected chi connectivity index (χ1v) is 7.30. The van der Waals surface area contributed by atoms with Crippen molar-refractivity contribution < 1.29 is 4.79 Å². The average Bonchev–Trinajstić information content (AvgIpc) is 2.66. The third-order valence-electron chi connectivity index (χ3n) is 2.94. The number of aromatic nitrogens is 1. The zero-order valence-corrected chi connectivity index (χ0v) is 13.4. The summed E-state index contributed by atoms with van der Waals surface area (Å²) in [6.07, 6.45) is 0. The number of thiazole rings is 1. The van der Waals surface area contributed by atoms with Crippen LogP contribution in [-0.2, 0) is 0 Å². The minimum atomic E-state index is -0.269. The number of aryl methyl sites for hydroxylation is 1. The molecule has 0 aliphatic heterocycles. The van der Waals surface area contributed by atoms with E-state index in [4.69, 9.17) is 11.6 Å². The van der Waals surface area contributed by atoms with E-state index in [1.54, 1.807) is 14.1 Å². The summed E-state index contributed by atoms with van der Waals surface area (Å²) in [4.78, 5) is 19.2. The summed E-state index contributed by atoms with van der Waals surface area (Å²) in [5.74, 6) is 0. The van der Waals surface area contributed by atoms with Gasteiger partial charge in [0.15, 0.2) is 4.80 Å². The molecule has 1 aromatic heterocycles. The molecule has 6 heteroatoms. The van der Waals surface area contributed by atoms with Gasteiger partial charge in [0.2, 0.25) is 0 Å². The second-order valence-electron chi connectivity index (χ2n) is 4.63. The van der Waals surface area contributed by atoms with E-state index in [2.05, 4.69) is 4.99 Å². The first-order chi connectivity index (χ1) is 9.40. The Kier molecular flexibility index (Phi) is 4.30. The smallest absolute Gasteiger partial charge is 0.329 e. The summed E-state index contributed by atoms with van der Waals surface area (Å²) in [5, 5.41) is 0.682. The number of amides is 2. The van der Waals surface area contributed by atoms with Gasteiger partial charge in [0.05, 0.1) is 0 Å². The standard InChI is InChI=1S/C14H16ClN3OS/c1-9-10(2)20-14(16-13(19)17(3)4)18(9)12-7-5-11(15)6-8-12/h5-8H,1-4H3/b16-14-. The second kappa shape index (κ2) is 5.81. The molecule has 106 valence electrons. The van der Waals surface area contributed by atoms with Crippen LogP contribution in [0, 0.1) is 13.8 Å². The molecule has 0 atom stereocenters. The van der Waals surface area contributed by atoms with Crippen LogP contribution in [0.4, 0.5) is 4.79 Å². The van der Waals surface area contributed by atoms with Gasteiger partial charge >= 0.3 is 6.03 Å². The summed E-state index contributed by atoms with van der Waals surface area (Å²) >= 11 is 7.42. The van der Waals surface area contributed by atoms with E-state index in [1.165, 1.54) is 16.2 Å². The number of urea groups is 1. The highest BCUT2D eigenvalue weighted by atomic mass is 35.5. The topological polar surface area (TPSA) is 37.6 Å². The van der Waals surface area contributed by atoms with Crippen LogP contribution in [0.15, 0.2) is 29.3 Å². The highest BCUT2D eigenvalue weighted by Gasteiger charge is 2.10. The predicted molar refractivity (Wildman–Crippen MR) is 82.8 cm³/mol. The van der Waals surface area contributed by atoms with Crippen molar-refractivity contribution in [3.05, 3.63) is 44.7 Å². The van der Waals surface area contributed by atoms with E-state index in [0.29, 0.717) is 9.82 Å². The van der Waals surface area contributed by atoms with E-state index in [-0.39, 0.29) is 6.03 Å². The number of benzene rings is 1. The molecule has 0 bridgehead atoms. The van der Waals surface area contributed by atoms with Crippen LogP contribution in [0.5, 0.6) is 0 Å². The van der Waals surface area contributed by atoms with Crippen molar-refractivity contribution in [2.45, 2.75) is 13.8 Å². The van der Waals surface area contributed by atoms with E-state index in [1.807, 2.05) is 42.7 Å². The monoisotopic (exact) mass is 309 g/mol. The molecule has 2 aromatic rings. The Morgan fingerprint density at radius 3 is 2.40 bits per heavy atom. The molecule has 0 unspecified atom stereocenters. The fourth-order valence-electron chi connectivity index (χ4n) is 1.71. The minimum absolute atomic E-state index is 0.269. The summed E-state index contributed by atoms with van der Waals surface area (Å²) in [7, 11) is 3.37. The largest absolute Gasteiger partial charge is 0.345 e. The number of hydrogen-bond donors (Lipinski definition) is 0. The van der Waals surface area contributed by atoms with Crippen molar-refractivity contribution in [2.24, 2.45) is 4.99 Å². The molecule has 1 aromatic carbocycles. The minimum Gasteiger partial charge on any atom is -0.329 e. The van der Waals surface area contributed by atoms with Crippen LogP contribution in [0.25, 0.3) is 5.69 Å². The van der Waals surface area contributed by atoms with Crippen molar-refractivity contribution in [3.8, 4) is 5.69 Å². The molecule has 4 nitrogen and oxygen atoms in total. The number of nitrogens with zero attached hydrogens (tertiary/aromatic N) is 3. The Labute approximate surface area is 127 Å². The number of hydrogen-bond acceptors (Lipinski definition) is 2. The lowest BCUT2D eigenvalue weighted by atomic mass is 10.3. The first kappa shape index (κ1) is 14.8. The maximum atomic E-state index is 11.8. The van der Waals surface area contributed by atoms with Crippen LogP contribution in [0.3, 0.4) is 0 Å². The molecule has 0 aliphatic carbocycles. The van der Waals surface area contributed by atoms with Gasteiger partial charge in [-0.1, -0.05) is 11.6 Å². The van der Waals surface area contributed by atoms with E-state index >= 15 is 0 Å². The lowest BCUT2D eigenvalue weighted by Crippen LogP contribution is -2.23. The molecule has 20 heavy (non-hydrogen) atoms. The Morgan fingerprint density at radius 1 is 1.25 bits per heavy atom. The SMILES string of the molecule is Cc1s/c(=N\C(=O)N(C)C)n(-c2ccc(Cl)cc2)c1C. The van der Waals surface area contributed by atoms with Crippen LogP contribution in [0.2, 0.25) is 5.02 Å². The quantitative estimate of drug-likeness (QED) is 0.795. The van der Waals surface area contributed by atoms with Gasteiger partial charge in [-0.25, -0.2) is 4.79 Å². The van der Waals surface area contributed by atoms with Crippen LogP contribution >= 0.6 is 22.9 Å². The Bertz CT molecular complexity index is 698. The van der Waals surface area contributed by atoms with Gasteiger partial charge in [0, 0.05) is 35.4 Å². The van der Waals surface area contributed by atoms with Gasteiger partial charge in [-0.05, 0) is 38.1 Å². The predicted octanol–water partition coefficient (Wildman–Crippen LogP) is 3.39. The maximum Gasteiger partial charge on any atom is 0.345 e. The van der Waals surface area contributed by atoms with Crippen molar-refractivity contribution in [3.63, 3.8) is 0 Å². The molecule has 2 rings (SSSR count). The number of carbonyl (C=O) groups excluding carboxylic acids is 1. The average molecular weight is 310 g/mol. The normalized spacial score (nSPS) is 11.8. The summed E-state index contributed by atoms with van der Waals surface area (Å²) in [6.45, 7) is 4.03. The highest BCUT2D eigenvalue weighted by molar-refractivity contribution is 7.09. The molecule has 0 radical (unpaired) electrons. The van der Waals surface area contributed by atoms with Gasteiger partial charge < -0.3 is 4.90 Å². The number of halogens is 1. The Morgan fingerprint density at radius 2 is 1.85 bits per heavy atom. The fraction of sp³-hybridized carbons (Fsp3) is 0.286. The van der Waals surface area contributed by atoms with Gasteiger partial charge in [-0.2, -0.15) is 4.99 Å². The van der Waals surface area contributed by atoms with Gasteiger partial charge in [-0.3, -0.25) is 4.57 Å². The van der Waals surface area contributed by atoms with Crippen molar-refractivity contribution in [2.75, 3.05) is 14.1 Å². The summed E-state index contributed by atoms with van der Waals surface area (Å²) in [5.41, 5.74) is 2.02. The molecule has 0 N–H and O–H groups in total. The Hall–Kier alpha value is -1.59. The summed E-state index contributed by atoms with van der Waals surface area (Å²) in [6, 6.07) is 7.22. The number of carbonyl (C=O) groups is 1. The zero-order chi connectivity index (χ0) is 14.9. The fourth-order valence-corrected chi connectivity index (χ4v) is 2.80. The molecule has 0 aliphatic rings. The van der Waals surface area contributed by atoms with E-state index < -0.39 is 0 Å². The van der Waals surface area contributed by atoms with Crippen LogP contribution in [-0.4, -0.2) is 29.6 Å². The molecule has 1 heterocycles. The molecule has 0 saturated heterocycles. The van der Waals surface area contributed by atoms with Crippen molar-refractivity contribution >= 4 is 29.0 Å². The summed E-state index contributed by atoms with van der Waals surface area (Å²) < 4.78 is 1.97. The third kappa shape index (κ3) is 2.94. The van der Waals surface area contributed by atoms with Gasteiger partial charge in [-0.15, -0.1) is 11.3 Å². The Balaban J connectivity index is 2.63. The second-order valence-corrected chi connectivity index (χ2v) is 6.24. The molecular weight excluding hydrogens is 294 g/mol. The van der Waals surface area contributed by atoms with Gasteiger partial charge in [0.1, 0.15) is 0 Å². The highest BCUT2D eigenvalue weighted by Crippen LogP contribution is 2.18. The van der Waals surface area contributed by atoms with E-state index in [0.717, 1.165) is 16.3 Å². The lowest BCUT2D eigenvalue weighted by molar-refractivity contribution is 0.226. The molecule has 0 fully saturated rings. The lowest BCUT2D eigenvalue weighted by Gasteiger charge is -2.08. The molecule has 0 saturated carbocycles. The number of rotatable bonds is 1. The van der Waals surface area contributed by atoms with Crippen molar-refractivity contribution in [1.82, 2.24) is 9.47 Å². The van der Waals surface area contributed by atoms with Crippen molar-refractivity contribution in [1.29, 1.82) is 0 Å². The zero-order valence-electron chi connectivity index (χ0n) is 11.8. The third-order valence-corrected chi connectivity index (χ3v) is 4.25. The van der Waals surface area contributed by atoms with Gasteiger partial charge in [0.25, 0.3) is 0 Å². The van der Waals surface area contributed by atoms with Crippen LogP contribution in [0.1, 0.15) is 10.6 Å². The van der Waals surface area contributed by atoms with E-state index in [9.17, 15) is 4.79 Å². The molecule has 2 amide bonds. The first-order valence-electron chi connectivity index (χ1n) is 6.11. The molecular formula is C14H16ClN3OS. The maximum absolute atomic E-state index is 11.8.